The van der Waals surface area contributed by atoms with Gasteiger partial charge in [-0.05, 0) is 48.1 Å². The summed E-state index contributed by atoms with van der Waals surface area (Å²) in [6.45, 7) is 7.02. The normalized spacial score (nSPS) is 21.7. The molecule has 21 heavy (non-hydrogen) atoms. The predicted octanol–water partition coefficient (Wildman–Crippen LogP) is 4.15. The van der Waals surface area contributed by atoms with Crippen molar-refractivity contribution >= 4 is 22.7 Å². The van der Waals surface area contributed by atoms with Crippen LogP contribution in [0.2, 0.25) is 0 Å². The van der Waals surface area contributed by atoms with E-state index in [1.807, 2.05) is 0 Å². The Morgan fingerprint density at radius 2 is 2.14 bits per heavy atom. The molecule has 0 radical (unpaired) electrons. The number of aromatic nitrogens is 1. The smallest absolute Gasteiger partial charge is 0.0480 e. The minimum Gasteiger partial charge on any atom is -0.347 e. The minimum absolute atomic E-state index is 0.450. The maximum Gasteiger partial charge on any atom is 0.0480 e. The Morgan fingerprint density at radius 3 is 3.00 bits per heavy atom. The van der Waals surface area contributed by atoms with Crippen LogP contribution in [0.3, 0.4) is 0 Å². The van der Waals surface area contributed by atoms with Crippen molar-refractivity contribution in [2.45, 2.75) is 39.3 Å². The van der Waals surface area contributed by atoms with Crippen LogP contribution in [-0.2, 0) is 6.54 Å². The Kier molecular flexibility index (Phi) is 4.60. The minimum atomic E-state index is 0.450. The van der Waals surface area contributed by atoms with E-state index in [4.69, 9.17) is 0 Å². The largest absolute Gasteiger partial charge is 0.347 e. The van der Waals surface area contributed by atoms with E-state index in [2.05, 4.69) is 72.0 Å². The molecule has 0 spiro atoms. The van der Waals surface area contributed by atoms with Gasteiger partial charge in [-0.2, -0.15) is 11.8 Å². The molecule has 0 amide bonds. The summed E-state index contributed by atoms with van der Waals surface area (Å²) in [5, 5.41) is 5.13. The summed E-state index contributed by atoms with van der Waals surface area (Å²) in [4.78, 5) is 0. The van der Waals surface area contributed by atoms with Crippen LogP contribution in [0.1, 0.15) is 26.7 Å². The number of para-hydroxylation sites is 1. The Bertz CT molecular complexity index is 588. The lowest BCUT2D eigenvalue weighted by molar-refractivity contribution is 0.245. The standard InChI is InChI=1S/C18H26N2S/c1-18(2)9-13-21-14-17(18)19-10-5-11-20-12-8-15-6-3-4-7-16(15)20/h3-4,6-8,12,17,19H,5,9-11,13-14H2,1-2H3. The molecule has 1 N–H and O–H groups in total. The van der Waals surface area contributed by atoms with Crippen LogP contribution in [0.15, 0.2) is 36.5 Å². The average Bonchev–Trinajstić information content (AvgIpc) is 2.88. The summed E-state index contributed by atoms with van der Waals surface area (Å²) in [6, 6.07) is 11.5. The monoisotopic (exact) mass is 302 g/mol. The Morgan fingerprint density at radius 1 is 1.29 bits per heavy atom. The molecule has 1 fully saturated rings. The third-order valence-corrected chi connectivity index (χ3v) is 5.83. The Hall–Kier alpha value is -0.930. The molecular weight excluding hydrogens is 276 g/mol. The SMILES string of the molecule is CC1(C)CCSCC1NCCCn1ccc2ccccc21. The van der Waals surface area contributed by atoms with E-state index < -0.39 is 0 Å². The summed E-state index contributed by atoms with van der Waals surface area (Å²) >= 11 is 2.10. The van der Waals surface area contributed by atoms with E-state index in [-0.39, 0.29) is 0 Å². The number of benzene rings is 1. The van der Waals surface area contributed by atoms with Gasteiger partial charge in [0.15, 0.2) is 0 Å². The summed E-state index contributed by atoms with van der Waals surface area (Å²) in [5.74, 6) is 2.58. The van der Waals surface area contributed by atoms with Crippen molar-refractivity contribution in [1.82, 2.24) is 9.88 Å². The number of nitrogens with zero attached hydrogens (tertiary/aromatic N) is 1. The number of rotatable bonds is 5. The third-order valence-electron chi connectivity index (χ3n) is 4.77. The first-order valence-corrected chi connectivity index (χ1v) is 9.17. The number of hydrogen-bond donors (Lipinski definition) is 1. The second-order valence-electron chi connectivity index (χ2n) is 6.74. The fraction of sp³-hybridized carbons (Fsp3) is 0.556. The molecule has 1 aromatic carbocycles. The molecule has 1 aromatic heterocycles. The van der Waals surface area contributed by atoms with Gasteiger partial charge < -0.3 is 9.88 Å². The van der Waals surface area contributed by atoms with Gasteiger partial charge in [0.05, 0.1) is 0 Å². The number of aryl methyl sites for hydroxylation is 1. The van der Waals surface area contributed by atoms with Gasteiger partial charge in [-0.15, -0.1) is 0 Å². The average molecular weight is 302 g/mol. The van der Waals surface area contributed by atoms with Crippen molar-refractivity contribution in [3.63, 3.8) is 0 Å². The van der Waals surface area contributed by atoms with Gasteiger partial charge in [-0.3, -0.25) is 0 Å². The van der Waals surface area contributed by atoms with E-state index in [0.29, 0.717) is 11.5 Å². The molecule has 1 unspecified atom stereocenters. The lowest BCUT2D eigenvalue weighted by Crippen LogP contribution is -2.47. The van der Waals surface area contributed by atoms with Gasteiger partial charge in [-0.1, -0.05) is 32.0 Å². The molecule has 0 bridgehead atoms. The molecule has 3 heteroatoms. The second kappa shape index (κ2) is 6.45. The second-order valence-corrected chi connectivity index (χ2v) is 7.89. The lowest BCUT2D eigenvalue weighted by Gasteiger charge is -2.39. The molecule has 0 aliphatic carbocycles. The molecule has 114 valence electrons. The van der Waals surface area contributed by atoms with Gasteiger partial charge >= 0.3 is 0 Å². The van der Waals surface area contributed by atoms with E-state index in [1.54, 1.807) is 0 Å². The van der Waals surface area contributed by atoms with Crippen LogP contribution in [0.4, 0.5) is 0 Å². The molecule has 1 aliphatic heterocycles. The van der Waals surface area contributed by atoms with E-state index in [9.17, 15) is 0 Å². The highest BCUT2D eigenvalue weighted by atomic mass is 32.2. The zero-order chi connectivity index (χ0) is 14.7. The first kappa shape index (κ1) is 15.0. The van der Waals surface area contributed by atoms with Crippen LogP contribution in [0.5, 0.6) is 0 Å². The summed E-state index contributed by atoms with van der Waals surface area (Å²) in [6.07, 6.45) is 4.73. The van der Waals surface area contributed by atoms with Crippen molar-refractivity contribution in [2.24, 2.45) is 5.41 Å². The van der Waals surface area contributed by atoms with E-state index >= 15 is 0 Å². The number of hydrogen-bond acceptors (Lipinski definition) is 2. The first-order valence-electron chi connectivity index (χ1n) is 8.02. The molecule has 2 heterocycles. The van der Waals surface area contributed by atoms with Crippen LogP contribution in [0.25, 0.3) is 10.9 Å². The molecule has 0 saturated carbocycles. The molecule has 2 aromatic rings. The lowest BCUT2D eigenvalue weighted by atomic mass is 9.82. The highest BCUT2D eigenvalue weighted by Crippen LogP contribution is 2.34. The van der Waals surface area contributed by atoms with Gasteiger partial charge in [0, 0.05) is 30.1 Å². The van der Waals surface area contributed by atoms with Crippen molar-refractivity contribution < 1.29 is 0 Å². The summed E-state index contributed by atoms with van der Waals surface area (Å²) in [5.41, 5.74) is 1.80. The number of thioether (sulfide) groups is 1. The van der Waals surface area contributed by atoms with Crippen LogP contribution in [-0.4, -0.2) is 28.7 Å². The summed E-state index contributed by atoms with van der Waals surface area (Å²) < 4.78 is 2.37. The van der Waals surface area contributed by atoms with Crippen molar-refractivity contribution in [2.75, 3.05) is 18.1 Å². The third kappa shape index (κ3) is 3.46. The zero-order valence-corrected chi connectivity index (χ0v) is 14.0. The van der Waals surface area contributed by atoms with Crippen molar-refractivity contribution in [1.29, 1.82) is 0 Å². The van der Waals surface area contributed by atoms with Crippen LogP contribution in [0, 0.1) is 5.41 Å². The van der Waals surface area contributed by atoms with E-state index in [0.717, 1.165) is 13.1 Å². The number of fused-ring (bicyclic) bond motifs is 1. The van der Waals surface area contributed by atoms with Gasteiger partial charge in [-0.25, -0.2) is 0 Å². The zero-order valence-electron chi connectivity index (χ0n) is 13.1. The molecule has 2 nitrogen and oxygen atoms in total. The molecular formula is C18H26N2S. The fourth-order valence-electron chi connectivity index (χ4n) is 3.13. The topological polar surface area (TPSA) is 17.0 Å². The molecule has 1 saturated heterocycles. The molecule has 1 aliphatic rings. The molecule has 1 atom stereocenters. The van der Waals surface area contributed by atoms with Crippen LogP contribution >= 0.6 is 11.8 Å². The van der Waals surface area contributed by atoms with E-state index in [1.165, 1.54) is 35.3 Å². The highest BCUT2D eigenvalue weighted by molar-refractivity contribution is 7.99. The van der Waals surface area contributed by atoms with Gasteiger partial charge in [0.2, 0.25) is 0 Å². The van der Waals surface area contributed by atoms with Gasteiger partial charge in [0.25, 0.3) is 0 Å². The van der Waals surface area contributed by atoms with Gasteiger partial charge in [0.1, 0.15) is 0 Å². The highest BCUT2D eigenvalue weighted by Gasteiger charge is 2.31. The summed E-state index contributed by atoms with van der Waals surface area (Å²) in [7, 11) is 0. The van der Waals surface area contributed by atoms with Crippen molar-refractivity contribution in [3.8, 4) is 0 Å². The Balaban J connectivity index is 1.50. The predicted molar refractivity (Wildman–Crippen MR) is 94.1 cm³/mol. The van der Waals surface area contributed by atoms with Crippen LogP contribution < -0.4 is 5.32 Å². The maximum absolute atomic E-state index is 3.79. The Labute approximate surface area is 132 Å². The first-order chi connectivity index (χ1) is 10.2. The number of nitrogens with one attached hydrogen (secondary N) is 1. The quantitative estimate of drug-likeness (QED) is 0.836. The fourth-order valence-corrected chi connectivity index (χ4v) is 4.77. The van der Waals surface area contributed by atoms with Crippen molar-refractivity contribution in [3.05, 3.63) is 36.5 Å². The molecule has 3 rings (SSSR count). The maximum atomic E-state index is 3.79.